The standard InChI is InChI=1S/C14H18/c1-2-4-6-8-10-12-14-13-11-9-7-5-3-1/h1-6,9,11,13-14H,7-8,10,12H2/b2-1?,5-3?,6-4?,11-9+,14-13?. The molecule has 0 unspecified atom stereocenters. The molecule has 1 aliphatic carbocycles. The third-order valence-electron chi connectivity index (χ3n) is 2.00. The fourth-order valence-corrected chi connectivity index (χ4v) is 1.22. The highest BCUT2D eigenvalue weighted by atomic mass is 13.9. The minimum atomic E-state index is 1.01. The lowest BCUT2D eigenvalue weighted by molar-refractivity contribution is 0.868. The molecule has 0 bridgehead atoms. The van der Waals surface area contributed by atoms with E-state index >= 15 is 0 Å². The Morgan fingerprint density at radius 2 is 1.00 bits per heavy atom. The molecule has 0 N–H and O–H groups in total. The topological polar surface area (TPSA) is 0 Å². The Labute approximate surface area is 87.0 Å². The maximum absolute atomic E-state index is 2.23. The molecular weight excluding hydrogens is 168 g/mol. The van der Waals surface area contributed by atoms with Crippen LogP contribution in [-0.2, 0) is 0 Å². The summed E-state index contributed by atoms with van der Waals surface area (Å²) in [6.45, 7) is 0. The van der Waals surface area contributed by atoms with Crippen LogP contribution < -0.4 is 0 Å². The van der Waals surface area contributed by atoms with Crippen molar-refractivity contribution in [1.82, 2.24) is 0 Å². The van der Waals surface area contributed by atoms with Crippen LogP contribution in [0.5, 0.6) is 0 Å². The SMILES string of the molecule is C1=CC=CCCCC=C/C=C/CC=C1. The van der Waals surface area contributed by atoms with Gasteiger partial charge in [0, 0.05) is 0 Å². The van der Waals surface area contributed by atoms with Gasteiger partial charge in [-0.25, -0.2) is 0 Å². The molecule has 0 spiro atoms. The van der Waals surface area contributed by atoms with E-state index in [1.165, 1.54) is 19.3 Å². The Bertz CT molecular complexity index is 262. The largest absolute Gasteiger partial charge is 0.0845 e. The van der Waals surface area contributed by atoms with Gasteiger partial charge in [0.2, 0.25) is 0 Å². The monoisotopic (exact) mass is 186 g/mol. The maximum atomic E-state index is 2.23. The molecule has 0 heteroatoms. The lowest BCUT2D eigenvalue weighted by atomic mass is 10.2. The Balaban J connectivity index is 2.45. The van der Waals surface area contributed by atoms with Gasteiger partial charge in [0.1, 0.15) is 0 Å². The van der Waals surface area contributed by atoms with Crippen molar-refractivity contribution in [2.45, 2.75) is 25.7 Å². The van der Waals surface area contributed by atoms with E-state index in [-0.39, 0.29) is 0 Å². The third kappa shape index (κ3) is 6.24. The summed E-state index contributed by atoms with van der Waals surface area (Å²) in [7, 11) is 0. The van der Waals surface area contributed by atoms with E-state index in [0.717, 1.165) is 6.42 Å². The highest BCUT2D eigenvalue weighted by Gasteiger charge is 1.79. The first kappa shape index (κ1) is 10.8. The van der Waals surface area contributed by atoms with Crippen molar-refractivity contribution in [2.75, 3.05) is 0 Å². The number of hydrogen-bond donors (Lipinski definition) is 0. The Morgan fingerprint density at radius 1 is 0.500 bits per heavy atom. The van der Waals surface area contributed by atoms with Crippen LogP contribution >= 0.6 is 0 Å². The Morgan fingerprint density at radius 3 is 1.71 bits per heavy atom. The lowest BCUT2D eigenvalue weighted by Crippen LogP contribution is -1.68. The average Bonchev–Trinajstić information content (AvgIpc) is 2.22. The molecule has 0 aliphatic heterocycles. The summed E-state index contributed by atoms with van der Waals surface area (Å²) in [5.41, 5.74) is 0. The summed E-state index contributed by atoms with van der Waals surface area (Å²) in [5, 5.41) is 0. The zero-order valence-electron chi connectivity index (χ0n) is 8.60. The smallest absolute Gasteiger partial charge is 0.0163 e. The normalized spacial score (nSPS) is 20.6. The average molecular weight is 186 g/mol. The minimum Gasteiger partial charge on any atom is -0.0845 e. The minimum absolute atomic E-state index is 1.01. The van der Waals surface area contributed by atoms with Crippen molar-refractivity contribution in [3.05, 3.63) is 60.8 Å². The molecule has 0 nitrogen and oxygen atoms in total. The molecule has 74 valence electrons. The van der Waals surface area contributed by atoms with Gasteiger partial charge in [-0.1, -0.05) is 60.8 Å². The summed E-state index contributed by atoms with van der Waals surface area (Å²) >= 11 is 0. The first-order chi connectivity index (χ1) is 7.00. The molecular formula is C14H18. The molecule has 0 saturated heterocycles. The molecule has 0 radical (unpaired) electrons. The van der Waals surface area contributed by atoms with Crippen LogP contribution in [0, 0.1) is 0 Å². The summed E-state index contributed by atoms with van der Waals surface area (Å²) in [6.07, 6.45) is 26.0. The molecule has 1 rings (SSSR count). The zero-order chi connectivity index (χ0) is 9.90. The number of rotatable bonds is 0. The molecule has 14 heavy (non-hydrogen) atoms. The van der Waals surface area contributed by atoms with Gasteiger partial charge in [0.05, 0.1) is 0 Å². The summed E-state index contributed by atoms with van der Waals surface area (Å²) in [5.74, 6) is 0. The molecule has 0 aromatic rings. The van der Waals surface area contributed by atoms with Crippen molar-refractivity contribution in [3.8, 4) is 0 Å². The molecule has 0 aromatic carbocycles. The van der Waals surface area contributed by atoms with Crippen LogP contribution in [0.4, 0.5) is 0 Å². The van der Waals surface area contributed by atoms with E-state index < -0.39 is 0 Å². The van der Waals surface area contributed by atoms with Crippen LogP contribution in [0.25, 0.3) is 0 Å². The second-order valence-electron chi connectivity index (χ2n) is 3.26. The van der Waals surface area contributed by atoms with E-state index in [1.807, 2.05) is 0 Å². The van der Waals surface area contributed by atoms with Gasteiger partial charge in [0.15, 0.2) is 0 Å². The second-order valence-corrected chi connectivity index (χ2v) is 3.26. The van der Waals surface area contributed by atoms with Crippen LogP contribution in [-0.4, -0.2) is 0 Å². The van der Waals surface area contributed by atoms with Gasteiger partial charge in [0.25, 0.3) is 0 Å². The van der Waals surface area contributed by atoms with E-state index in [0.29, 0.717) is 0 Å². The van der Waals surface area contributed by atoms with E-state index in [4.69, 9.17) is 0 Å². The van der Waals surface area contributed by atoms with Crippen LogP contribution in [0.3, 0.4) is 0 Å². The summed E-state index contributed by atoms with van der Waals surface area (Å²) in [4.78, 5) is 0. The van der Waals surface area contributed by atoms with Gasteiger partial charge in [-0.05, 0) is 25.7 Å². The van der Waals surface area contributed by atoms with Crippen LogP contribution in [0.2, 0.25) is 0 Å². The van der Waals surface area contributed by atoms with Crippen LogP contribution in [0.15, 0.2) is 60.8 Å². The molecule has 0 aromatic heterocycles. The summed E-state index contributed by atoms with van der Waals surface area (Å²) < 4.78 is 0. The molecule has 0 heterocycles. The van der Waals surface area contributed by atoms with E-state index in [1.54, 1.807) is 0 Å². The van der Waals surface area contributed by atoms with E-state index in [2.05, 4.69) is 60.8 Å². The predicted octanol–water partition coefficient (Wildman–Crippen LogP) is 4.34. The molecule has 0 saturated carbocycles. The van der Waals surface area contributed by atoms with Crippen molar-refractivity contribution in [2.24, 2.45) is 0 Å². The van der Waals surface area contributed by atoms with Gasteiger partial charge in [-0.2, -0.15) is 0 Å². The first-order valence-corrected chi connectivity index (χ1v) is 5.30. The van der Waals surface area contributed by atoms with Crippen molar-refractivity contribution < 1.29 is 0 Å². The molecule has 0 fully saturated rings. The van der Waals surface area contributed by atoms with Gasteiger partial charge < -0.3 is 0 Å². The lowest BCUT2D eigenvalue weighted by Gasteiger charge is -1.89. The highest BCUT2D eigenvalue weighted by molar-refractivity contribution is 5.13. The Kier molecular flexibility index (Phi) is 6.39. The molecule has 0 atom stereocenters. The van der Waals surface area contributed by atoms with Gasteiger partial charge in [-0.15, -0.1) is 0 Å². The van der Waals surface area contributed by atoms with Crippen molar-refractivity contribution in [1.29, 1.82) is 0 Å². The quantitative estimate of drug-likeness (QED) is 0.528. The molecule has 1 aliphatic rings. The van der Waals surface area contributed by atoms with Crippen molar-refractivity contribution >= 4 is 0 Å². The fourth-order valence-electron chi connectivity index (χ4n) is 1.22. The first-order valence-electron chi connectivity index (χ1n) is 5.30. The highest BCUT2D eigenvalue weighted by Crippen LogP contribution is 1.99. The van der Waals surface area contributed by atoms with Gasteiger partial charge in [-0.3, -0.25) is 0 Å². The van der Waals surface area contributed by atoms with E-state index in [9.17, 15) is 0 Å². The fraction of sp³-hybridized carbons (Fsp3) is 0.286. The number of hydrogen-bond acceptors (Lipinski definition) is 0. The second kappa shape index (κ2) is 8.31. The predicted molar refractivity (Wildman–Crippen MR) is 64.2 cm³/mol. The van der Waals surface area contributed by atoms with Gasteiger partial charge >= 0.3 is 0 Å². The number of allylic oxidation sites excluding steroid dienone is 10. The van der Waals surface area contributed by atoms with Crippen molar-refractivity contribution in [3.63, 3.8) is 0 Å². The molecule has 0 amide bonds. The third-order valence-corrected chi connectivity index (χ3v) is 2.00. The summed E-state index contributed by atoms with van der Waals surface area (Å²) in [6, 6.07) is 0. The Hall–Kier alpha value is -1.30. The zero-order valence-corrected chi connectivity index (χ0v) is 8.60. The van der Waals surface area contributed by atoms with Crippen LogP contribution in [0.1, 0.15) is 25.7 Å². The maximum Gasteiger partial charge on any atom is -0.0163 e.